The second-order valence-corrected chi connectivity index (χ2v) is 9.61. The number of benzene rings is 1. The molecule has 0 spiro atoms. The fourth-order valence-corrected chi connectivity index (χ4v) is 5.35. The average Bonchev–Trinajstić information content (AvgIpc) is 3.28. The highest BCUT2D eigenvalue weighted by Crippen LogP contribution is 2.48. The normalized spacial score (nSPS) is 24.2. The van der Waals surface area contributed by atoms with Crippen molar-refractivity contribution in [2.45, 2.75) is 25.2 Å². The molecule has 0 saturated heterocycles. The Morgan fingerprint density at radius 2 is 1.58 bits per heavy atom. The van der Waals surface area contributed by atoms with Gasteiger partial charge in [0.25, 0.3) is 10.0 Å². The van der Waals surface area contributed by atoms with Crippen molar-refractivity contribution in [3.8, 4) is 0 Å². The van der Waals surface area contributed by atoms with Crippen LogP contribution in [0.25, 0.3) is 0 Å². The van der Waals surface area contributed by atoms with Crippen LogP contribution in [0.3, 0.4) is 0 Å². The molecular formula is C21H22N4O5S. The highest BCUT2D eigenvalue weighted by Gasteiger charge is 2.51. The summed E-state index contributed by atoms with van der Waals surface area (Å²) in [6.07, 6.45) is 4.45. The number of anilines is 2. The monoisotopic (exact) mass is 442 g/mol. The van der Waals surface area contributed by atoms with E-state index in [0.717, 1.165) is 0 Å². The molecule has 1 amide bonds. The van der Waals surface area contributed by atoms with Crippen molar-refractivity contribution in [1.29, 1.82) is 0 Å². The van der Waals surface area contributed by atoms with Gasteiger partial charge in [0.1, 0.15) is 0 Å². The van der Waals surface area contributed by atoms with Crippen LogP contribution < -0.4 is 10.0 Å². The van der Waals surface area contributed by atoms with E-state index in [1.54, 1.807) is 19.9 Å². The molecule has 0 unspecified atom stereocenters. The summed E-state index contributed by atoms with van der Waals surface area (Å²) in [4.78, 5) is 32.5. The molecule has 10 heteroatoms. The largest absolute Gasteiger partial charge is 0.481 e. The fourth-order valence-electron chi connectivity index (χ4n) is 4.41. The van der Waals surface area contributed by atoms with Gasteiger partial charge >= 0.3 is 5.97 Å². The number of nitrogens with zero attached hydrogens (tertiary/aromatic N) is 2. The van der Waals surface area contributed by atoms with E-state index in [1.165, 1.54) is 24.3 Å². The number of nitrogens with one attached hydrogen (secondary N) is 2. The summed E-state index contributed by atoms with van der Waals surface area (Å²) in [6, 6.07) is 7.38. The molecule has 3 N–H and O–H groups in total. The molecule has 0 aliphatic heterocycles. The van der Waals surface area contributed by atoms with Gasteiger partial charge in [-0.05, 0) is 62.4 Å². The molecule has 1 saturated carbocycles. The minimum absolute atomic E-state index is 0.0143. The lowest BCUT2D eigenvalue weighted by Gasteiger charge is -2.23. The number of aliphatic carboxylic acids is 1. The number of carbonyl (C=O) groups excluding carboxylic acids is 1. The number of carbonyl (C=O) groups is 2. The first-order chi connectivity index (χ1) is 14.6. The van der Waals surface area contributed by atoms with Crippen LogP contribution in [0.1, 0.15) is 17.8 Å². The van der Waals surface area contributed by atoms with Gasteiger partial charge in [-0.3, -0.25) is 9.59 Å². The zero-order valence-electron chi connectivity index (χ0n) is 16.9. The van der Waals surface area contributed by atoms with Gasteiger partial charge in [0, 0.05) is 17.1 Å². The molecule has 1 heterocycles. The van der Waals surface area contributed by atoms with Crippen molar-refractivity contribution < 1.29 is 23.1 Å². The minimum Gasteiger partial charge on any atom is -0.481 e. The molecule has 4 atom stereocenters. The quantitative estimate of drug-likeness (QED) is 0.584. The van der Waals surface area contributed by atoms with Crippen LogP contribution in [0, 0.1) is 37.5 Å². The summed E-state index contributed by atoms with van der Waals surface area (Å²) in [6.45, 7) is 3.48. The highest BCUT2D eigenvalue weighted by molar-refractivity contribution is 7.92. The maximum absolute atomic E-state index is 12.8. The number of carboxylic acids is 1. The molecule has 1 fully saturated rings. The summed E-state index contributed by atoms with van der Waals surface area (Å²) in [5.74, 6) is -2.95. The summed E-state index contributed by atoms with van der Waals surface area (Å²) < 4.78 is 27.6. The number of sulfonamides is 1. The second kappa shape index (κ2) is 7.77. The van der Waals surface area contributed by atoms with Gasteiger partial charge in [-0.2, -0.15) is 0 Å². The number of aromatic nitrogens is 2. The molecule has 2 aromatic rings. The van der Waals surface area contributed by atoms with Crippen LogP contribution in [-0.4, -0.2) is 35.4 Å². The van der Waals surface area contributed by atoms with Gasteiger partial charge < -0.3 is 10.4 Å². The van der Waals surface area contributed by atoms with E-state index in [0.29, 0.717) is 23.5 Å². The third-order valence-electron chi connectivity index (χ3n) is 5.69. The number of allylic oxidation sites excluding steroid dienone is 2. The van der Waals surface area contributed by atoms with E-state index >= 15 is 0 Å². The molecule has 9 nitrogen and oxygen atoms in total. The van der Waals surface area contributed by atoms with Gasteiger partial charge in [-0.25, -0.2) is 23.1 Å². The first-order valence-corrected chi connectivity index (χ1v) is 11.3. The van der Waals surface area contributed by atoms with E-state index in [2.05, 4.69) is 20.0 Å². The number of hydrogen-bond acceptors (Lipinski definition) is 6. The molecule has 4 rings (SSSR count). The minimum atomic E-state index is -3.91. The SMILES string of the molecule is Cc1cc(C)nc(NS(=O)(=O)c2ccc(NC(=O)[C@H]3[C@H](C(=O)O)[C@@H]4C=C[C@@H]3C4)cc2)n1. The predicted molar refractivity (Wildman–Crippen MR) is 113 cm³/mol. The van der Waals surface area contributed by atoms with Crippen molar-refractivity contribution in [2.75, 3.05) is 10.0 Å². The van der Waals surface area contributed by atoms with Crippen molar-refractivity contribution in [2.24, 2.45) is 23.7 Å². The van der Waals surface area contributed by atoms with Gasteiger partial charge in [-0.1, -0.05) is 12.2 Å². The summed E-state index contributed by atoms with van der Waals surface area (Å²) >= 11 is 0. The van der Waals surface area contributed by atoms with Crippen LogP contribution in [0.4, 0.5) is 11.6 Å². The number of fused-ring (bicyclic) bond motifs is 2. The molecule has 2 bridgehead atoms. The zero-order valence-corrected chi connectivity index (χ0v) is 17.8. The lowest BCUT2D eigenvalue weighted by molar-refractivity contribution is -0.146. The van der Waals surface area contributed by atoms with Crippen molar-refractivity contribution in [1.82, 2.24) is 9.97 Å². The topological polar surface area (TPSA) is 138 Å². The summed E-state index contributed by atoms with van der Waals surface area (Å²) in [5.41, 5.74) is 1.67. The Balaban J connectivity index is 1.47. The Kier molecular flexibility index (Phi) is 5.26. The third kappa shape index (κ3) is 4.15. The number of aryl methyl sites for hydroxylation is 2. The fraction of sp³-hybridized carbons (Fsp3) is 0.333. The predicted octanol–water partition coefficient (Wildman–Crippen LogP) is 2.36. The molecule has 0 radical (unpaired) electrons. The van der Waals surface area contributed by atoms with Crippen LogP contribution in [0.15, 0.2) is 47.4 Å². The van der Waals surface area contributed by atoms with Gasteiger partial charge in [0.2, 0.25) is 11.9 Å². The number of rotatable bonds is 6. The number of carboxylic acid groups (broad SMARTS) is 1. The highest BCUT2D eigenvalue weighted by atomic mass is 32.2. The van der Waals surface area contributed by atoms with Crippen LogP contribution in [0.5, 0.6) is 0 Å². The van der Waals surface area contributed by atoms with Crippen molar-refractivity contribution in [3.63, 3.8) is 0 Å². The molecule has 31 heavy (non-hydrogen) atoms. The molecule has 1 aromatic heterocycles. The smallest absolute Gasteiger partial charge is 0.307 e. The standard InChI is InChI=1S/C21H22N4O5S/c1-11-9-12(2)23-21(22-11)25-31(29,30)16-7-5-15(6-8-16)24-19(26)17-13-3-4-14(10-13)18(17)20(27)28/h3-9,13-14,17-18H,10H2,1-2H3,(H,24,26)(H,27,28)(H,22,23,25)/t13-,14-,17-,18-/m1/s1. The van der Waals surface area contributed by atoms with Gasteiger partial charge in [-0.15, -0.1) is 0 Å². The summed E-state index contributed by atoms with van der Waals surface area (Å²) in [7, 11) is -3.91. The zero-order chi connectivity index (χ0) is 22.3. The van der Waals surface area contributed by atoms with Gasteiger partial charge in [0.15, 0.2) is 0 Å². The van der Waals surface area contributed by atoms with E-state index in [-0.39, 0.29) is 28.6 Å². The van der Waals surface area contributed by atoms with E-state index in [1.807, 2.05) is 12.2 Å². The Bertz CT molecular complexity index is 1160. The molecule has 2 aliphatic rings. The first-order valence-electron chi connectivity index (χ1n) is 9.81. The maximum Gasteiger partial charge on any atom is 0.307 e. The Hall–Kier alpha value is -3.27. The number of amides is 1. The van der Waals surface area contributed by atoms with Crippen molar-refractivity contribution in [3.05, 3.63) is 53.9 Å². The molecular weight excluding hydrogens is 420 g/mol. The van der Waals surface area contributed by atoms with E-state index in [4.69, 9.17) is 0 Å². The van der Waals surface area contributed by atoms with E-state index in [9.17, 15) is 23.1 Å². The lowest BCUT2D eigenvalue weighted by atomic mass is 9.82. The summed E-state index contributed by atoms with van der Waals surface area (Å²) in [5, 5.41) is 12.2. The average molecular weight is 442 g/mol. The second-order valence-electron chi connectivity index (χ2n) is 7.93. The Morgan fingerprint density at radius 3 is 2.16 bits per heavy atom. The van der Waals surface area contributed by atoms with Crippen LogP contribution in [0.2, 0.25) is 0 Å². The lowest BCUT2D eigenvalue weighted by Crippen LogP contribution is -2.36. The van der Waals surface area contributed by atoms with E-state index < -0.39 is 27.8 Å². The molecule has 2 aliphatic carbocycles. The Labute approximate surface area is 179 Å². The maximum atomic E-state index is 12.8. The molecule has 1 aromatic carbocycles. The van der Waals surface area contributed by atoms with Crippen molar-refractivity contribution >= 4 is 33.5 Å². The molecule has 162 valence electrons. The first kappa shape index (κ1) is 21.0. The van der Waals surface area contributed by atoms with Gasteiger partial charge in [0.05, 0.1) is 16.7 Å². The number of hydrogen-bond donors (Lipinski definition) is 3. The van der Waals surface area contributed by atoms with Crippen LogP contribution in [-0.2, 0) is 19.6 Å². The van der Waals surface area contributed by atoms with Crippen LogP contribution >= 0.6 is 0 Å². The third-order valence-corrected chi connectivity index (χ3v) is 7.03. The Morgan fingerprint density at radius 1 is 1.00 bits per heavy atom.